The number of morpholine rings is 1. The van der Waals surface area contributed by atoms with Gasteiger partial charge in [0.25, 0.3) is 5.91 Å². The van der Waals surface area contributed by atoms with Crippen molar-refractivity contribution in [3.05, 3.63) is 48.2 Å². The van der Waals surface area contributed by atoms with Crippen LogP contribution in [-0.2, 0) is 4.74 Å². The molecule has 0 spiro atoms. The molecule has 0 bridgehead atoms. The summed E-state index contributed by atoms with van der Waals surface area (Å²) < 4.78 is 5.40. The molecule has 1 saturated heterocycles. The second kappa shape index (κ2) is 7.31. The lowest BCUT2D eigenvalue weighted by Crippen LogP contribution is -2.36. The van der Waals surface area contributed by atoms with E-state index < -0.39 is 0 Å². The van der Waals surface area contributed by atoms with Crippen LogP contribution >= 0.6 is 0 Å². The molecule has 2 heterocycles. The van der Waals surface area contributed by atoms with Crippen molar-refractivity contribution in [3.63, 3.8) is 0 Å². The van der Waals surface area contributed by atoms with E-state index in [4.69, 9.17) is 4.74 Å². The van der Waals surface area contributed by atoms with Gasteiger partial charge >= 0.3 is 0 Å². The van der Waals surface area contributed by atoms with E-state index in [0.717, 1.165) is 30.3 Å². The Morgan fingerprint density at radius 3 is 2.58 bits per heavy atom. The fourth-order valence-electron chi connectivity index (χ4n) is 2.64. The molecule has 24 heavy (non-hydrogen) atoms. The van der Waals surface area contributed by atoms with Gasteiger partial charge in [0.15, 0.2) is 0 Å². The van der Waals surface area contributed by atoms with Gasteiger partial charge in [0.05, 0.1) is 30.2 Å². The molecule has 1 aromatic carbocycles. The van der Waals surface area contributed by atoms with E-state index in [1.165, 1.54) is 0 Å². The number of hydrogen-bond acceptors (Lipinski definition) is 5. The first kappa shape index (κ1) is 16.3. The molecule has 1 amide bonds. The van der Waals surface area contributed by atoms with Gasteiger partial charge in [-0.1, -0.05) is 12.1 Å². The minimum absolute atomic E-state index is 0.159. The van der Waals surface area contributed by atoms with Crippen LogP contribution in [0.2, 0.25) is 0 Å². The lowest BCUT2D eigenvalue weighted by Gasteiger charge is -2.30. The molecule has 1 aromatic heterocycles. The summed E-state index contributed by atoms with van der Waals surface area (Å²) in [6.07, 6.45) is 1.60. The minimum atomic E-state index is -0.159. The van der Waals surface area contributed by atoms with Crippen LogP contribution in [0.25, 0.3) is 0 Å². The van der Waals surface area contributed by atoms with E-state index in [0.29, 0.717) is 18.8 Å². The van der Waals surface area contributed by atoms with Crippen LogP contribution in [0.3, 0.4) is 0 Å². The Morgan fingerprint density at radius 2 is 1.92 bits per heavy atom. The van der Waals surface area contributed by atoms with Crippen LogP contribution in [0, 0.1) is 0 Å². The summed E-state index contributed by atoms with van der Waals surface area (Å²) in [4.78, 5) is 20.9. The molecule has 1 aliphatic rings. The number of pyridine rings is 1. The van der Waals surface area contributed by atoms with Gasteiger partial charge in [-0.15, -0.1) is 0 Å². The maximum absolute atomic E-state index is 12.5. The highest BCUT2D eigenvalue weighted by atomic mass is 16.5. The predicted octanol–water partition coefficient (Wildman–Crippen LogP) is 2.24. The van der Waals surface area contributed by atoms with Gasteiger partial charge in [-0.3, -0.25) is 4.79 Å². The number of ether oxygens (including phenoxy) is 1. The third-order valence-electron chi connectivity index (χ3n) is 3.97. The van der Waals surface area contributed by atoms with Crippen molar-refractivity contribution in [3.8, 4) is 0 Å². The number of rotatable bonds is 4. The highest BCUT2D eigenvalue weighted by Crippen LogP contribution is 2.26. The zero-order chi connectivity index (χ0) is 16.9. The zero-order valence-corrected chi connectivity index (χ0v) is 14.0. The minimum Gasteiger partial charge on any atom is -0.378 e. The first-order valence-electron chi connectivity index (χ1n) is 8.01. The van der Waals surface area contributed by atoms with Gasteiger partial charge in [0, 0.05) is 33.4 Å². The van der Waals surface area contributed by atoms with Crippen LogP contribution in [-0.4, -0.2) is 51.3 Å². The lowest BCUT2D eigenvalue weighted by atomic mass is 10.2. The van der Waals surface area contributed by atoms with Crippen molar-refractivity contribution in [1.82, 2.24) is 4.98 Å². The topological polar surface area (TPSA) is 57.7 Å². The van der Waals surface area contributed by atoms with E-state index in [2.05, 4.69) is 15.2 Å². The number of benzene rings is 1. The molecule has 6 heteroatoms. The quantitative estimate of drug-likeness (QED) is 0.934. The number of anilines is 3. The summed E-state index contributed by atoms with van der Waals surface area (Å²) >= 11 is 0. The zero-order valence-electron chi connectivity index (χ0n) is 14.0. The van der Waals surface area contributed by atoms with Crippen LogP contribution in [0.15, 0.2) is 42.6 Å². The molecule has 2 aromatic rings. The summed E-state index contributed by atoms with van der Waals surface area (Å²) in [6, 6.07) is 11.5. The van der Waals surface area contributed by atoms with Gasteiger partial charge < -0.3 is 19.9 Å². The highest BCUT2D eigenvalue weighted by molar-refractivity contribution is 6.05. The normalized spacial score (nSPS) is 14.3. The second-order valence-electron chi connectivity index (χ2n) is 5.87. The highest BCUT2D eigenvalue weighted by Gasteiger charge is 2.16. The number of carbonyl (C=O) groups excluding carboxylic acids is 1. The summed E-state index contributed by atoms with van der Waals surface area (Å²) in [5.41, 5.74) is 2.37. The Balaban J connectivity index is 1.76. The van der Waals surface area contributed by atoms with Gasteiger partial charge in [-0.25, -0.2) is 4.98 Å². The second-order valence-corrected chi connectivity index (χ2v) is 5.87. The molecular weight excluding hydrogens is 304 g/mol. The molecule has 1 fully saturated rings. The van der Waals surface area contributed by atoms with Crippen LogP contribution in [0.4, 0.5) is 17.2 Å². The lowest BCUT2D eigenvalue weighted by molar-refractivity contribution is 0.102. The van der Waals surface area contributed by atoms with E-state index >= 15 is 0 Å². The monoisotopic (exact) mass is 326 g/mol. The Labute approximate surface area is 142 Å². The van der Waals surface area contributed by atoms with Crippen LogP contribution in [0.5, 0.6) is 0 Å². The predicted molar refractivity (Wildman–Crippen MR) is 96.0 cm³/mol. The summed E-state index contributed by atoms with van der Waals surface area (Å²) in [6.45, 7) is 3.06. The van der Waals surface area contributed by atoms with Crippen molar-refractivity contribution in [2.45, 2.75) is 0 Å². The van der Waals surface area contributed by atoms with Crippen LogP contribution < -0.4 is 15.1 Å². The van der Waals surface area contributed by atoms with Crippen molar-refractivity contribution in [2.24, 2.45) is 0 Å². The van der Waals surface area contributed by atoms with Crippen molar-refractivity contribution >= 4 is 23.1 Å². The van der Waals surface area contributed by atoms with Crippen LogP contribution in [0.1, 0.15) is 10.4 Å². The molecule has 6 nitrogen and oxygen atoms in total. The Morgan fingerprint density at radius 1 is 1.17 bits per heavy atom. The number of nitrogens with one attached hydrogen (secondary N) is 1. The fourth-order valence-corrected chi connectivity index (χ4v) is 2.64. The van der Waals surface area contributed by atoms with Gasteiger partial charge in [-0.05, 0) is 24.3 Å². The van der Waals surface area contributed by atoms with Gasteiger partial charge in [0.1, 0.15) is 5.82 Å². The molecule has 1 N–H and O–H groups in total. The molecule has 1 aliphatic heterocycles. The first-order valence-corrected chi connectivity index (χ1v) is 8.01. The molecule has 0 radical (unpaired) electrons. The Kier molecular flexibility index (Phi) is 4.96. The summed E-state index contributed by atoms with van der Waals surface area (Å²) in [5.74, 6) is 0.661. The van der Waals surface area contributed by atoms with E-state index in [1.54, 1.807) is 12.3 Å². The van der Waals surface area contributed by atoms with Crippen molar-refractivity contribution < 1.29 is 9.53 Å². The molecular formula is C18H22N4O2. The van der Waals surface area contributed by atoms with E-state index in [1.807, 2.05) is 49.3 Å². The largest absolute Gasteiger partial charge is 0.378 e. The number of aromatic nitrogens is 1. The molecule has 0 atom stereocenters. The first-order chi connectivity index (χ1) is 11.6. The molecule has 0 aliphatic carbocycles. The van der Waals surface area contributed by atoms with E-state index in [-0.39, 0.29) is 5.91 Å². The molecule has 0 saturated carbocycles. The van der Waals surface area contributed by atoms with Gasteiger partial charge in [-0.2, -0.15) is 0 Å². The average Bonchev–Trinajstić information content (AvgIpc) is 2.63. The summed E-state index contributed by atoms with van der Waals surface area (Å²) in [5, 5.41) is 3.00. The third kappa shape index (κ3) is 3.65. The van der Waals surface area contributed by atoms with Crippen molar-refractivity contribution in [1.29, 1.82) is 0 Å². The Hall–Kier alpha value is -2.60. The number of hydrogen-bond donors (Lipinski definition) is 1. The fraction of sp³-hybridized carbons (Fsp3) is 0.333. The maximum Gasteiger partial charge on any atom is 0.257 e. The molecule has 0 unspecified atom stereocenters. The number of amides is 1. The number of carbonyl (C=O) groups is 1. The van der Waals surface area contributed by atoms with E-state index in [9.17, 15) is 4.79 Å². The Bertz CT molecular complexity index is 694. The summed E-state index contributed by atoms with van der Waals surface area (Å²) in [7, 11) is 3.83. The van der Waals surface area contributed by atoms with Crippen molar-refractivity contribution in [2.75, 3.05) is 55.5 Å². The van der Waals surface area contributed by atoms with Gasteiger partial charge in [0.2, 0.25) is 0 Å². The number of para-hydroxylation sites is 2. The maximum atomic E-state index is 12.5. The third-order valence-corrected chi connectivity index (χ3v) is 3.97. The average molecular weight is 326 g/mol. The SMILES string of the molecule is CN(C)c1ccc(C(=O)Nc2ccccc2N2CCOCC2)cn1. The standard InChI is InChI=1S/C18H22N4O2/c1-21(2)17-8-7-14(13-19-17)18(23)20-15-5-3-4-6-16(15)22-9-11-24-12-10-22/h3-8,13H,9-12H2,1-2H3,(H,20,23). The molecule has 126 valence electrons. The smallest absolute Gasteiger partial charge is 0.257 e. The number of nitrogens with zero attached hydrogens (tertiary/aromatic N) is 3. The molecule has 3 rings (SSSR count).